The molecule has 0 spiro atoms. The molecule has 0 saturated heterocycles. The highest BCUT2D eigenvalue weighted by Crippen LogP contribution is 2.50. The van der Waals surface area contributed by atoms with Crippen molar-refractivity contribution < 1.29 is 4.42 Å². The Labute approximate surface area is 306 Å². The number of hydrogen-bond acceptors (Lipinski definition) is 3. The summed E-state index contributed by atoms with van der Waals surface area (Å²) >= 11 is 0. The van der Waals surface area contributed by atoms with Gasteiger partial charge in [0.15, 0.2) is 0 Å². The van der Waals surface area contributed by atoms with Crippen molar-refractivity contribution in [3.8, 4) is 11.1 Å². The smallest absolute Gasteiger partial charge is 0.333 e. The maximum Gasteiger partial charge on any atom is 0.333 e. The van der Waals surface area contributed by atoms with Crippen LogP contribution in [0.4, 0.5) is 34.1 Å². The van der Waals surface area contributed by atoms with Gasteiger partial charge in [0.1, 0.15) is 11.2 Å². The fraction of sp³-hybridized carbons (Fsp3) is 0. The summed E-state index contributed by atoms with van der Waals surface area (Å²) in [7, 11) is 0. The van der Waals surface area contributed by atoms with Crippen LogP contribution in [-0.4, -0.2) is 11.3 Å². The lowest BCUT2D eigenvalue weighted by Crippen LogP contribution is -2.56. The molecule has 0 atom stereocenters. The minimum Gasteiger partial charge on any atom is -0.455 e. The van der Waals surface area contributed by atoms with E-state index in [9.17, 15) is 0 Å². The molecule has 53 heavy (non-hydrogen) atoms. The zero-order valence-corrected chi connectivity index (χ0v) is 28.6. The van der Waals surface area contributed by atoms with Crippen molar-refractivity contribution in [3.05, 3.63) is 182 Å². The Kier molecular flexibility index (Phi) is 5.83. The van der Waals surface area contributed by atoms with E-state index in [2.05, 4.69) is 196 Å². The number of nitrogens with zero attached hydrogens (tertiary/aromatic N) is 3. The van der Waals surface area contributed by atoms with Crippen LogP contribution in [-0.2, 0) is 0 Å². The van der Waals surface area contributed by atoms with Crippen LogP contribution in [0.15, 0.2) is 186 Å². The van der Waals surface area contributed by atoms with E-state index in [1.54, 1.807) is 0 Å². The van der Waals surface area contributed by atoms with E-state index in [1.807, 2.05) is 0 Å². The predicted octanol–water partition coefficient (Wildman–Crippen LogP) is 11.6. The van der Waals surface area contributed by atoms with E-state index in [0.717, 1.165) is 44.7 Å². The quantitative estimate of drug-likeness (QED) is 0.174. The molecular weight excluding hydrogens is 645 g/mol. The Morgan fingerprint density at radius 1 is 0.491 bits per heavy atom. The summed E-state index contributed by atoms with van der Waals surface area (Å²) in [5.41, 5.74) is 16.1. The minimum absolute atomic E-state index is 0.0520. The first-order chi connectivity index (χ1) is 26.3. The third kappa shape index (κ3) is 3.91. The second kappa shape index (κ2) is 10.8. The van der Waals surface area contributed by atoms with Crippen LogP contribution >= 0.6 is 0 Å². The summed E-state index contributed by atoms with van der Waals surface area (Å²) in [4.78, 5) is 4.87. The zero-order chi connectivity index (χ0) is 34.6. The fourth-order valence-corrected chi connectivity index (χ4v) is 9.22. The molecule has 12 rings (SSSR count). The molecule has 0 unspecified atom stereocenters. The van der Waals surface area contributed by atoms with Crippen molar-refractivity contribution in [2.45, 2.75) is 0 Å². The van der Waals surface area contributed by atoms with Gasteiger partial charge in [-0.3, -0.25) is 0 Å². The normalized spacial score (nSPS) is 12.8. The van der Waals surface area contributed by atoms with Crippen molar-refractivity contribution in [3.63, 3.8) is 0 Å². The first-order valence-electron chi connectivity index (χ1n) is 18.2. The highest BCUT2D eigenvalue weighted by Gasteiger charge is 2.43. The first-order valence-corrected chi connectivity index (χ1v) is 18.2. The van der Waals surface area contributed by atoms with Crippen LogP contribution in [0.2, 0.25) is 0 Å². The van der Waals surface area contributed by atoms with Gasteiger partial charge < -0.3 is 18.7 Å². The maximum atomic E-state index is 6.80. The van der Waals surface area contributed by atoms with E-state index in [1.165, 1.54) is 55.2 Å². The summed E-state index contributed by atoms with van der Waals surface area (Å²) < 4.78 is 9.40. The Hall–Kier alpha value is -6.98. The monoisotopic (exact) mass is 675 g/mol. The van der Waals surface area contributed by atoms with Crippen LogP contribution in [0.25, 0.3) is 54.9 Å². The molecule has 0 aliphatic carbocycles. The molecule has 246 valence electrons. The SMILES string of the molecule is c1ccc(N(c2ccccc2)c2cc3c4c(c2)N(c2ccccc2)c2ccccc2B4n2c4ccccc4c4c5oc6ccccc6c5cc-3c42)cc1. The van der Waals surface area contributed by atoms with E-state index < -0.39 is 0 Å². The maximum absolute atomic E-state index is 6.80. The Morgan fingerprint density at radius 3 is 1.91 bits per heavy atom. The van der Waals surface area contributed by atoms with Crippen LogP contribution in [0, 0.1) is 0 Å². The number of furan rings is 1. The summed E-state index contributed by atoms with van der Waals surface area (Å²) in [6.07, 6.45) is 0. The van der Waals surface area contributed by atoms with Gasteiger partial charge in [0.05, 0.1) is 5.39 Å². The number of aromatic nitrogens is 1. The molecule has 4 heterocycles. The van der Waals surface area contributed by atoms with Gasteiger partial charge in [0.2, 0.25) is 0 Å². The van der Waals surface area contributed by atoms with Gasteiger partial charge in [-0.05, 0) is 89.3 Å². The number of para-hydroxylation sites is 6. The average molecular weight is 676 g/mol. The van der Waals surface area contributed by atoms with Crippen molar-refractivity contribution in [2.75, 3.05) is 9.80 Å². The zero-order valence-electron chi connectivity index (χ0n) is 28.6. The van der Waals surface area contributed by atoms with Gasteiger partial charge in [-0.15, -0.1) is 0 Å². The van der Waals surface area contributed by atoms with Crippen LogP contribution < -0.4 is 20.7 Å². The lowest BCUT2D eigenvalue weighted by Gasteiger charge is -2.41. The fourth-order valence-electron chi connectivity index (χ4n) is 9.22. The molecule has 4 nitrogen and oxygen atoms in total. The van der Waals surface area contributed by atoms with Gasteiger partial charge in [-0.25, -0.2) is 0 Å². The predicted molar refractivity (Wildman–Crippen MR) is 222 cm³/mol. The third-order valence-electron chi connectivity index (χ3n) is 11.3. The summed E-state index contributed by atoms with van der Waals surface area (Å²) in [5, 5.41) is 4.66. The largest absolute Gasteiger partial charge is 0.455 e. The highest BCUT2D eigenvalue weighted by atomic mass is 16.3. The average Bonchev–Trinajstić information content (AvgIpc) is 3.77. The molecule has 0 fully saturated rings. The van der Waals surface area contributed by atoms with E-state index in [-0.39, 0.29) is 6.85 Å². The molecule has 8 aromatic carbocycles. The van der Waals surface area contributed by atoms with Gasteiger partial charge >= 0.3 is 6.85 Å². The molecule has 2 aliphatic rings. The van der Waals surface area contributed by atoms with Gasteiger partial charge in [-0.2, -0.15) is 0 Å². The molecule has 2 aromatic heterocycles. The van der Waals surface area contributed by atoms with Gasteiger partial charge in [0, 0.05) is 66.9 Å². The molecule has 0 radical (unpaired) electrons. The van der Waals surface area contributed by atoms with Gasteiger partial charge in [0.25, 0.3) is 0 Å². The molecule has 0 bridgehead atoms. The van der Waals surface area contributed by atoms with Crippen molar-refractivity contribution in [1.82, 2.24) is 4.48 Å². The topological polar surface area (TPSA) is 24.6 Å². The van der Waals surface area contributed by atoms with E-state index >= 15 is 0 Å². The van der Waals surface area contributed by atoms with Crippen molar-refractivity contribution >= 4 is 95.6 Å². The minimum atomic E-state index is -0.0520. The van der Waals surface area contributed by atoms with Crippen LogP contribution in [0.1, 0.15) is 0 Å². The number of fused-ring (bicyclic) bond motifs is 11. The Balaban J connectivity index is 1.29. The summed E-state index contributed by atoms with van der Waals surface area (Å²) in [6.45, 7) is -0.0520. The molecule has 0 N–H and O–H groups in total. The third-order valence-corrected chi connectivity index (χ3v) is 11.3. The summed E-state index contributed by atoms with van der Waals surface area (Å²) in [5.74, 6) is 0. The second-order valence-electron chi connectivity index (χ2n) is 14.1. The Bertz CT molecular complexity index is 3040. The number of benzene rings is 8. The molecular formula is C48H30BN3O. The molecule has 5 heteroatoms. The molecule has 0 amide bonds. The standard InChI is InChI=1S/C48H30BN3O/c1-4-16-31(17-5-1)50(32-18-6-2-7-19-32)34-28-37-38-30-39-35-22-11-15-27-44(35)53-48(39)45-36-23-10-13-25-41(36)52(47(38)45)49-40-24-12-14-26-42(40)51(43(29-34)46(37)49)33-20-8-3-9-21-33/h1-30H. The van der Waals surface area contributed by atoms with E-state index in [0.29, 0.717) is 0 Å². The van der Waals surface area contributed by atoms with Crippen LogP contribution in [0.5, 0.6) is 0 Å². The van der Waals surface area contributed by atoms with Gasteiger partial charge in [-0.1, -0.05) is 109 Å². The molecule has 10 aromatic rings. The van der Waals surface area contributed by atoms with Crippen molar-refractivity contribution in [2.24, 2.45) is 0 Å². The second-order valence-corrected chi connectivity index (χ2v) is 14.1. The highest BCUT2D eigenvalue weighted by molar-refractivity contribution is 6.90. The lowest BCUT2D eigenvalue weighted by atomic mass is 9.45. The summed E-state index contributed by atoms with van der Waals surface area (Å²) in [6, 6.07) is 65.8. The van der Waals surface area contributed by atoms with Crippen LogP contribution in [0.3, 0.4) is 0 Å². The Morgan fingerprint density at radius 2 is 1.13 bits per heavy atom. The number of rotatable bonds is 4. The number of anilines is 6. The van der Waals surface area contributed by atoms with Crippen molar-refractivity contribution in [1.29, 1.82) is 0 Å². The van der Waals surface area contributed by atoms with E-state index in [4.69, 9.17) is 4.42 Å². The first kappa shape index (κ1) is 28.7. The number of hydrogen-bond donors (Lipinski definition) is 0. The molecule has 2 aliphatic heterocycles. The lowest BCUT2D eigenvalue weighted by molar-refractivity contribution is 0.673. The molecule has 0 saturated carbocycles.